The molecule has 2 heterocycles. The van der Waals surface area contributed by atoms with Gasteiger partial charge in [-0.3, -0.25) is 4.90 Å². The van der Waals surface area contributed by atoms with Crippen LogP contribution in [0.15, 0.2) is 29.0 Å². The maximum atomic E-state index is 9.81. The number of rotatable bonds is 3. The van der Waals surface area contributed by atoms with Gasteiger partial charge in [0.2, 0.25) is 0 Å². The van der Waals surface area contributed by atoms with Gasteiger partial charge in [-0.25, -0.2) is 0 Å². The van der Waals surface area contributed by atoms with Gasteiger partial charge in [0, 0.05) is 19.6 Å². The van der Waals surface area contributed by atoms with E-state index in [1.54, 1.807) is 11.3 Å². The third-order valence-corrected chi connectivity index (χ3v) is 2.95. The van der Waals surface area contributed by atoms with Gasteiger partial charge in [-0.05, 0) is 22.4 Å². The van der Waals surface area contributed by atoms with Crippen LogP contribution in [-0.4, -0.2) is 29.6 Å². The zero-order valence-corrected chi connectivity index (χ0v) is 8.20. The summed E-state index contributed by atoms with van der Waals surface area (Å²) in [6.45, 7) is 2.69. The molecule has 1 aliphatic heterocycles. The van der Waals surface area contributed by atoms with Gasteiger partial charge < -0.3 is 5.11 Å². The molecule has 0 radical (unpaired) electrons. The van der Waals surface area contributed by atoms with Crippen LogP contribution in [-0.2, 0) is 0 Å². The summed E-state index contributed by atoms with van der Waals surface area (Å²) in [6, 6.07) is 1.98. The monoisotopic (exact) mass is 195 g/mol. The van der Waals surface area contributed by atoms with Gasteiger partial charge in [0.25, 0.3) is 0 Å². The second-order valence-corrected chi connectivity index (χ2v) is 4.04. The molecule has 0 spiro atoms. The molecule has 0 fully saturated rings. The molecule has 0 amide bonds. The number of aliphatic hydroxyl groups is 1. The van der Waals surface area contributed by atoms with Crippen LogP contribution in [0.4, 0.5) is 0 Å². The molecule has 0 saturated heterocycles. The Morgan fingerprint density at radius 2 is 2.23 bits per heavy atom. The first-order chi connectivity index (χ1) is 6.36. The lowest BCUT2D eigenvalue weighted by Crippen LogP contribution is -2.25. The molecular formula is C10H13NOS. The average molecular weight is 195 g/mol. The minimum Gasteiger partial charge on any atom is -0.387 e. The van der Waals surface area contributed by atoms with Crippen molar-refractivity contribution in [3.05, 3.63) is 34.5 Å². The highest BCUT2D eigenvalue weighted by Gasteiger charge is 2.13. The molecule has 13 heavy (non-hydrogen) atoms. The summed E-state index contributed by atoms with van der Waals surface area (Å²) < 4.78 is 0. The van der Waals surface area contributed by atoms with Crippen molar-refractivity contribution in [1.82, 2.24) is 4.90 Å². The highest BCUT2D eigenvalue weighted by molar-refractivity contribution is 7.07. The molecule has 1 aromatic rings. The zero-order valence-electron chi connectivity index (χ0n) is 7.39. The van der Waals surface area contributed by atoms with Crippen molar-refractivity contribution in [2.45, 2.75) is 6.10 Å². The zero-order chi connectivity index (χ0) is 9.10. The van der Waals surface area contributed by atoms with Crippen molar-refractivity contribution in [1.29, 1.82) is 0 Å². The molecule has 70 valence electrons. The highest BCUT2D eigenvalue weighted by atomic mass is 32.1. The van der Waals surface area contributed by atoms with Crippen molar-refractivity contribution >= 4 is 11.3 Å². The van der Waals surface area contributed by atoms with E-state index in [0.29, 0.717) is 0 Å². The van der Waals surface area contributed by atoms with Crippen LogP contribution in [0.5, 0.6) is 0 Å². The highest BCUT2D eigenvalue weighted by Crippen LogP contribution is 2.17. The Hall–Kier alpha value is -0.640. The predicted octanol–water partition coefficient (Wildman–Crippen LogP) is 1.65. The Balaban J connectivity index is 1.88. The van der Waals surface area contributed by atoms with E-state index in [0.717, 1.165) is 25.2 Å². The number of aliphatic hydroxyl groups excluding tert-OH is 1. The second kappa shape index (κ2) is 4.05. The van der Waals surface area contributed by atoms with Crippen LogP contribution in [0.2, 0.25) is 0 Å². The van der Waals surface area contributed by atoms with Gasteiger partial charge >= 0.3 is 0 Å². The standard InChI is InChI=1S/C10H13NOS/c12-10(9-3-6-13-8-9)7-11-4-1-2-5-11/h1-3,6,8,10,12H,4-5,7H2. The van der Waals surface area contributed by atoms with Crippen molar-refractivity contribution in [3.63, 3.8) is 0 Å². The van der Waals surface area contributed by atoms with Crippen LogP contribution in [0, 0.1) is 0 Å². The van der Waals surface area contributed by atoms with Crippen molar-refractivity contribution in [2.75, 3.05) is 19.6 Å². The fourth-order valence-electron chi connectivity index (χ4n) is 1.49. The third kappa shape index (κ3) is 2.18. The molecular weight excluding hydrogens is 182 g/mol. The molecule has 1 aliphatic rings. The predicted molar refractivity (Wildman–Crippen MR) is 54.9 cm³/mol. The fraction of sp³-hybridized carbons (Fsp3) is 0.400. The molecule has 0 aromatic carbocycles. The molecule has 1 unspecified atom stereocenters. The molecule has 1 atom stereocenters. The Bertz CT molecular complexity index is 273. The summed E-state index contributed by atoms with van der Waals surface area (Å²) in [6.07, 6.45) is 3.95. The van der Waals surface area contributed by atoms with Gasteiger partial charge in [0.1, 0.15) is 0 Å². The van der Waals surface area contributed by atoms with Gasteiger partial charge in [0.15, 0.2) is 0 Å². The first-order valence-corrected chi connectivity index (χ1v) is 5.38. The minimum atomic E-state index is -0.328. The fourth-order valence-corrected chi connectivity index (χ4v) is 2.19. The molecule has 0 bridgehead atoms. The molecule has 2 nitrogen and oxygen atoms in total. The van der Waals surface area contributed by atoms with Crippen molar-refractivity contribution in [2.24, 2.45) is 0 Å². The topological polar surface area (TPSA) is 23.5 Å². The van der Waals surface area contributed by atoms with E-state index in [9.17, 15) is 5.11 Å². The van der Waals surface area contributed by atoms with E-state index in [2.05, 4.69) is 17.1 Å². The molecule has 1 aromatic heterocycles. The maximum Gasteiger partial charge on any atom is 0.0925 e. The van der Waals surface area contributed by atoms with Gasteiger partial charge in [-0.2, -0.15) is 11.3 Å². The number of hydrogen-bond acceptors (Lipinski definition) is 3. The normalized spacial score (nSPS) is 19.5. The van der Waals surface area contributed by atoms with E-state index in [1.807, 2.05) is 16.8 Å². The van der Waals surface area contributed by atoms with Gasteiger partial charge in [-0.15, -0.1) is 0 Å². The Kier molecular flexibility index (Phi) is 2.78. The van der Waals surface area contributed by atoms with E-state index >= 15 is 0 Å². The number of nitrogens with zero attached hydrogens (tertiary/aromatic N) is 1. The summed E-state index contributed by atoms with van der Waals surface area (Å²) in [4.78, 5) is 2.22. The lowest BCUT2D eigenvalue weighted by molar-refractivity contribution is 0.129. The summed E-state index contributed by atoms with van der Waals surface area (Å²) in [5, 5.41) is 13.8. The molecule has 0 saturated carbocycles. The first-order valence-electron chi connectivity index (χ1n) is 4.44. The van der Waals surface area contributed by atoms with E-state index in [-0.39, 0.29) is 6.10 Å². The minimum absolute atomic E-state index is 0.328. The number of β-amino-alcohol motifs (C(OH)–C–C–N with tert-alkyl or cyclic N) is 1. The number of thiophene rings is 1. The van der Waals surface area contributed by atoms with E-state index < -0.39 is 0 Å². The summed E-state index contributed by atoms with van der Waals surface area (Å²) in [7, 11) is 0. The maximum absolute atomic E-state index is 9.81. The van der Waals surface area contributed by atoms with Crippen LogP contribution in [0.3, 0.4) is 0 Å². The molecule has 2 rings (SSSR count). The largest absolute Gasteiger partial charge is 0.387 e. The summed E-state index contributed by atoms with van der Waals surface area (Å²) >= 11 is 1.63. The Morgan fingerprint density at radius 3 is 2.85 bits per heavy atom. The van der Waals surface area contributed by atoms with E-state index in [4.69, 9.17) is 0 Å². The SMILES string of the molecule is OC(CN1CC=CC1)c1ccsc1. The van der Waals surface area contributed by atoms with Crippen LogP contribution in [0.25, 0.3) is 0 Å². The van der Waals surface area contributed by atoms with Crippen LogP contribution >= 0.6 is 11.3 Å². The van der Waals surface area contributed by atoms with Crippen molar-refractivity contribution in [3.8, 4) is 0 Å². The Labute approximate surface area is 82.1 Å². The summed E-state index contributed by atoms with van der Waals surface area (Å²) in [5.41, 5.74) is 1.04. The lowest BCUT2D eigenvalue weighted by atomic mass is 10.2. The summed E-state index contributed by atoms with van der Waals surface area (Å²) in [5.74, 6) is 0. The molecule has 3 heteroatoms. The smallest absolute Gasteiger partial charge is 0.0925 e. The molecule has 0 aliphatic carbocycles. The quantitative estimate of drug-likeness (QED) is 0.741. The van der Waals surface area contributed by atoms with Crippen molar-refractivity contribution < 1.29 is 5.11 Å². The van der Waals surface area contributed by atoms with E-state index in [1.165, 1.54) is 0 Å². The second-order valence-electron chi connectivity index (χ2n) is 3.26. The first kappa shape index (κ1) is 8.94. The third-order valence-electron chi connectivity index (χ3n) is 2.25. The van der Waals surface area contributed by atoms with Crippen LogP contribution in [0.1, 0.15) is 11.7 Å². The lowest BCUT2D eigenvalue weighted by Gasteiger charge is -2.18. The van der Waals surface area contributed by atoms with Gasteiger partial charge in [-0.1, -0.05) is 12.2 Å². The molecule has 1 N–H and O–H groups in total. The Morgan fingerprint density at radius 1 is 1.46 bits per heavy atom. The average Bonchev–Trinajstić information content (AvgIpc) is 2.74. The number of hydrogen-bond donors (Lipinski definition) is 1. The van der Waals surface area contributed by atoms with Gasteiger partial charge in [0.05, 0.1) is 6.10 Å². The van der Waals surface area contributed by atoms with Crippen LogP contribution < -0.4 is 0 Å².